The highest BCUT2D eigenvalue weighted by Gasteiger charge is 2.46. The molecule has 1 aliphatic heterocycles. The number of hydrogen-bond acceptors (Lipinski definition) is 2. The molecule has 4 nitrogen and oxygen atoms in total. The second-order valence-electron chi connectivity index (χ2n) is 8.83. The fraction of sp³-hybridized carbons (Fsp3) is 0.842. The van der Waals surface area contributed by atoms with Crippen LogP contribution in [0.5, 0.6) is 0 Å². The van der Waals surface area contributed by atoms with E-state index in [1.165, 1.54) is 5.06 Å². The zero-order valence-electron chi connectivity index (χ0n) is 16.0. The maximum absolute atomic E-state index is 12.3. The van der Waals surface area contributed by atoms with Gasteiger partial charge in [-0.2, -0.15) is 0 Å². The van der Waals surface area contributed by atoms with E-state index in [1.54, 1.807) is 0 Å². The molecule has 4 heteroatoms. The summed E-state index contributed by atoms with van der Waals surface area (Å²) in [5.41, 5.74) is -0.886. The Morgan fingerprint density at radius 3 is 2.17 bits per heavy atom. The molecule has 0 bridgehead atoms. The molecule has 23 heavy (non-hydrogen) atoms. The number of piperidine rings is 1. The molecule has 1 fully saturated rings. The van der Waals surface area contributed by atoms with Crippen molar-refractivity contribution in [2.45, 2.75) is 91.3 Å². The Bertz CT molecular complexity index is 409. The maximum atomic E-state index is 12.3. The minimum absolute atomic E-state index is 0.0499. The average Bonchev–Trinajstić information content (AvgIpc) is 2.34. The van der Waals surface area contributed by atoms with Gasteiger partial charge in [-0.15, -0.1) is 10.3 Å². The molecule has 1 heterocycles. The zero-order valence-corrected chi connectivity index (χ0v) is 16.0. The molecule has 1 aliphatic rings. The number of hydroxylamine groups is 2. The summed E-state index contributed by atoms with van der Waals surface area (Å²) in [6.07, 6.45) is 7.05. The van der Waals surface area contributed by atoms with Crippen LogP contribution in [-0.2, 0) is 10.0 Å². The van der Waals surface area contributed by atoms with Gasteiger partial charge < -0.3 is 5.32 Å². The molecule has 1 atom stereocenters. The summed E-state index contributed by atoms with van der Waals surface area (Å²) in [5.74, 6) is 1.23. The van der Waals surface area contributed by atoms with E-state index < -0.39 is 11.1 Å². The molecule has 0 unspecified atom stereocenters. The third kappa shape index (κ3) is 6.27. The summed E-state index contributed by atoms with van der Waals surface area (Å²) in [7, 11) is 0. The molecule has 0 saturated carbocycles. The van der Waals surface area contributed by atoms with Crippen molar-refractivity contribution >= 4 is 5.91 Å². The molecule has 133 valence electrons. The topological polar surface area (TPSA) is 52.2 Å². The summed E-state index contributed by atoms with van der Waals surface area (Å²) < 4.78 is 0. The maximum Gasteiger partial charge on any atom is 0.224 e. The van der Waals surface area contributed by atoms with Crippen molar-refractivity contribution < 1.29 is 10.0 Å². The Balaban J connectivity index is 2.50. The van der Waals surface area contributed by atoms with Crippen LogP contribution in [0.25, 0.3) is 0 Å². The van der Waals surface area contributed by atoms with Crippen LogP contribution in [0.2, 0.25) is 0 Å². The Morgan fingerprint density at radius 2 is 1.70 bits per heavy atom. The molecule has 1 rings (SSSR count). The average molecular weight is 324 g/mol. The van der Waals surface area contributed by atoms with E-state index in [2.05, 4.69) is 32.2 Å². The van der Waals surface area contributed by atoms with Gasteiger partial charge in [0.1, 0.15) is 0 Å². The molecular formula is C19H35N2O2. The van der Waals surface area contributed by atoms with E-state index >= 15 is 0 Å². The number of nitrogens with one attached hydrogen (secondary N) is 1. The normalized spacial score (nSPS) is 23.3. The van der Waals surface area contributed by atoms with Crippen molar-refractivity contribution in [2.24, 2.45) is 11.8 Å². The molecular weight excluding hydrogens is 288 g/mol. The van der Waals surface area contributed by atoms with Crippen molar-refractivity contribution in [2.75, 3.05) is 0 Å². The second kappa shape index (κ2) is 7.80. The highest BCUT2D eigenvalue weighted by Crippen LogP contribution is 2.36. The standard InChI is InChI=1S/C19H35N2O2/c1-14(2)11-15(3)9-8-10-17(22)20-16-12-18(4,5)21(23)19(6,7)13-16/h8-9,14-16H,10-13H2,1-7H3,(H,20,22)/b9-8+/t15-/m1/s1. The van der Waals surface area contributed by atoms with Crippen LogP contribution in [0.15, 0.2) is 12.2 Å². The zero-order chi connectivity index (χ0) is 17.8. The molecule has 0 aliphatic carbocycles. The summed E-state index contributed by atoms with van der Waals surface area (Å²) in [6, 6.07) is 0.0687. The predicted molar refractivity (Wildman–Crippen MR) is 94.2 cm³/mol. The molecule has 0 aromatic rings. The number of rotatable bonds is 6. The van der Waals surface area contributed by atoms with E-state index in [4.69, 9.17) is 0 Å². The van der Waals surface area contributed by atoms with Gasteiger partial charge in [0.2, 0.25) is 5.91 Å². The number of hydrogen-bond donors (Lipinski definition) is 1. The summed E-state index contributed by atoms with van der Waals surface area (Å²) >= 11 is 0. The Morgan fingerprint density at radius 1 is 1.17 bits per heavy atom. The van der Waals surface area contributed by atoms with Crippen molar-refractivity contribution in [3.63, 3.8) is 0 Å². The SMILES string of the molecule is CC(C)C[C@H](C)/C=C/CC(=O)NC1CC(C)(C)N([O])C(C)(C)C1. The third-order valence-corrected chi connectivity index (χ3v) is 4.57. The number of nitrogens with zero attached hydrogens (tertiary/aromatic N) is 1. The van der Waals surface area contributed by atoms with Crippen molar-refractivity contribution in [3.8, 4) is 0 Å². The lowest BCUT2D eigenvalue weighted by atomic mass is 9.79. The smallest absolute Gasteiger partial charge is 0.224 e. The predicted octanol–water partition coefficient (Wildman–Crippen LogP) is 4.10. The lowest BCUT2D eigenvalue weighted by molar-refractivity contribution is -0.290. The first-order valence-electron chi connectivity index (χ1n) is 8.87. The Labute approximate surface area is 142 Å². The summed E-state index contributed by atoms with van der Waals surface area (Å²) in [4.78, 5) is 12.2. The number of carbonyl (C=O) groups excluding carboxylic acids is 1. The van der Waals surface area contributed by atoms with Crippen molar-refractivity contribution in [1.82, 2.24) is 10.4 Å². The Kier molecular flexibility index (Phi) is 6.84. The quantitative estimate of drug-likeness (QED) is 0.748. The van der Waals surface area contributed by atoms with E-state index in [-0.39, 0.29) is 11.9 Å². The van der Waals surface area contributed by atoms with Crippen LogP contribution in [0.3, 0.4) is 0 Å². The molecule has 1 amide bonds. The van der Waals surface area contributed by atoms with Gasteiger partial charge in [-0.1, -0.05) is 32.9 Å². The van der Waals surface area contributed by atoms with Crippen molar-refractivity contribution in [3.05, 3.63) is 12.2 Å². The molecule has 0 aromatic carbocycles. The van der Waals surface area contributed by atoms with E-state index in [0.717, 1.165) is 6.42 Å². The minimum atomic E-state index is -0.443. The van der Waals surface area contributed by atoms with E-state index in [0.29, 0.717) is 31.1 Å². The Hall–Kier alpha value is -0.870. The molecule has 1 N–H and O–H groups in total. The fourth-order valence-corrected chi connectivity index (χ4v) is 3.88. The lowest BCUT2D eigenvalue weighted by Crippen LogP contribution is -2.62. The van der Waals surface area contributed by atoms with Crippen LogP contribution < -0.4 is 5.32 Å². The number of allylic oxidation sites excluding steroid dienone is 1. The van der Waals surface area contributed by atoms with Gasteiger partial charge in [0.05, 0.1) is 0 Å². The van der Waals surface area contributed by atoms with Crippen LogP contribution in [0.4, 0.5) is 0 Å². The number of amides is 1. The van der Waals surface area contributed by atoms with E-state index in [1.807, 2.05) is 33.8 Å². The van der Waals surface area contributed by atoms with Gasteiger partial charge in [0.15, 0.2) is 0 Å². The van der Waals surface area contributed by atoms with Gasteiger partial charge >= 0.3 is 0 Å². The highest BCUT2D eigenvalue weighted by molar-refractivity contribution is 5.77. The van der Waals surface area contributed by atoms with Gasteiger partial charge in [0.25, 0.3) is 0 Å². The van der Waals surface area contributed by atoms with Gasteiger partial charge in [-0.25, -0.2) is 0 Å². The lowest BCUT2D eigenvalue weighted by Gasteiger charge is -2.50. The van der Waals surface area contributed by atoms with Crippen LogP contribution in [-0.4, -0.2) is 28.1 Å². The first kappa shape index (κ1) is 20.2. The van der Waals surface area contributed by atoms with Gasteiger partial charge in [-0.05, 0) is 58.8 Å². The monoisotopic (exact) mass is 323 g/mol. The summed E-state index contributed by atoms with van der Waals surface area (Å²) in [5, 5.41) is 16.6. The molecule has 1 radical (unpaired) electrons. The van der Waals surface area contributed by atoms with Crippen LogP contribution in [0, 0.1) is 11.8 Å². The highest BCUT2D eigenvalue weighted by atomic mass is 16.5. The number of carbonyl (C=O) groups is 1. The van der Waals surface area contributed by atoms with E-state index in [9.17, 15) is 10.0 Å². The molecule has 1 saturated heterocycles. The summed E-state index contributed by atoms with van der Waals surface area (Å²) in [6.45, 7) is 14.4. The van der Waals surface area contributed by atoms with Crippen LogP contribution in [0.1, 0.15) is 74.1 Å². The first-order chi connectivity index (χ1) is 10.4. The molecule has 0 aromatic heterocycles. The molecule has 0 spiro atoms. The van der Waals surface area contributed by atoms with Gasteiger partial charge in [-0.3, -0.25) is 4.79 Å². The van der Waals surface area contributed by atoms with Gasteiger partial charge in [0, 0.05) is 23.5 Å². The second-order valence-corrected chi connectivity index (χ2v) is 8.83. The first-order valence-corrected chi connectivity index (χ1v) is 8.87. The van der Waals surface area contributed by atoms with Crippen LogP contribution >= 0.6 is 0 Å². The fourth-order valence-electron chi connectivity index (χ4n) is 3.88. The largest absolute Gasteiger partial charge is 0.353 e. The minimum Gasteiger partial charge on any atom is -0.353 e. The van der Waals surface area contributed by atoms with Crippen molar-refractivity contribution in [1.29, 1.82) is 0 Å². The third-order valence-electron chi connectivity index (χ3n) is 4.57.